The number of benzene rings is 1. The number of nitrogens with zero attached hydrogens (tertiary/aromatic N) is 1. The smallest absolute Gasteiger partial charge is 0.0707 e. The fraction of sp³-hybridized carbons (Fsp3) is 0. The first-order chi connectivity index (χ1) is 6.77. The Labute approximate surface area is 99.1 Å². The summed E-state index contributed by atoms with van der Waals surface area (Å²) in [6.45, 7) is 0. The van der Waals surface area contributed by atoms with Crippen LogP contribution in [0.5, 0.6) is 0 Å². The van der Waals surface area contributed by atoms with Crippen LogP contribution < -0.4 is 0 Å². The molecular formula is C11H7Br2N. The van der Waals surface area contributed by atoms with Crippen LogP contribution in [0.15, 0.2) is 39.9 Å². The number of rotatable bonds is 1. The van der Waals surface area contributed by atoms with Crippen LogP contribution in [0.1, 0.15) is 5.56 Å². The molecule has 1 aromatic carbocycles. The molecule has 0 saturated carbocycles. The first-order valence-corrected chi connectivity index (χ1v) is 5.72. The summed E-state index contributed by atoms with van der Waals surface area (Å²) in [6, 6.07) is 10.1. The van der Waals surface area contributed by atoms with Crippen molar-refractivity contribution in [3.8, 4) is 0 Å². The van der Waals surface area contributed by atoms with Crippen molar-refractivity contribution in [1.82, 2.24) is 4.98 Å². The SMILES string of the molecule is BrC(Br)=Cc1ccnc2ccccc12. The second-order valence-corrected chi connectivity index (χ2v) is 5.62. The minimum atomic E-state index is 0.932. The topological polar surface area (TPSA) is 12.9 Å². The van der Waals surface area contributed by atoms with Crippen LogP contribution >= 0.6 is 31.9 Å². The lowest BCUT2D eigenvalue weighted by molar-refractivity contribution is 1.41. The Balaban J connectivity index is 2.71. The summed E-state index contributed by atoms with van der Waals surface area (Å²) in [7, 11) is 0. The van der Waals surface area contributed by atoms with E-state index < -0.39 is 0 Å². The summed E-state index contributed by atoms with van der Waals surface area (Å²) in [5, 5.41) is 1.16. The molecule has 1 aromatic heterocycles. The lowest BCUT2D eigenvalue weighted by Gasteiger charge is -2.00. The summed E-state index contributed by atoms with van der Waals surface area (Å²) in [6.07, 6.45) is 3.83. The van der Waals surface area contributed by atoms with Crippen LogP contribution in [0.2, 0.25) is 0 Å². The average molecular weight is 313 g/mol. The van der Waals surface area contributed by atoms with Gasteiger partial charge in [-0.1, -0.05) is 18.2 Å². The second kappa shape index (κ2) is 4.24. The molecule has 0 fully saturated rings. The Hall–Kier alpha value is -0.670. The minimum Gasteiger partial charge on any atom is -0.256 e. The number of para-hydroxylation sites is 1. The van der Waals surface area contributed by atoms with E-state index in [1.165, 1.54) is 0 Å². The fourth-order valence-electron chi connectivity index (χ4n) is 1.36. The fourth-order valence-corrected chi connectivity index (χ4v) is 1.85. The molecule has 0 aliphatic rings. The predicted molar refractivity (Wildman–Crippen MR) is 67.6 cm³/mol. The Morgan fingerprint density at radius 1 is 1.14 bits per heavy atom. The number of aromatic nitrogens is 1. The summed E-state index contributed by atoms with van der Waals surface area (Å²) in [4.78, 5) is 4.29. The van der Waals surface area contributed by atoms with Crippen LogP contribution in [-0.2, 0) is 0 Å². The van der Waals surface area contributed by atoms with Gasteiger partial charge in [-0.25, -0.2) is 0 Å². The molecule has 0 aliphatic heterocycles. The van der Waals surface area contributed by atoms with Crippen molar-refractivity contribution in [2.24, 2.45) is 0 Å². The molecule has 0 amide bonds. The highest BCUT2D eigenvalue weighted by Crippen LogP contribution is 2.23. The number of hydrogen-bond donors (Lipinski definition) is 0. The Morgan fingerprint density at radius 3 is 2.71 bits per heavy atom. The number of halogens is 2. The highest BCUT2D eigenvalue weighted by molar-refractivity contribution is 9.28. The van der Waals surface area contributed by atoms with Crippen molar-refractivity contribution in [3.63, 3.8) is 0 Å². The van der Waals surface area contributed by atoms with E-state index in [4.69, 9.17) is 0 Å². The van der Waals surface area contributed by atoms with Crippen molar-refractivity contribution in [1.29, 1.82) is 0 Å². The van der Waals surface area contributed by atoms with E-state index in [2.05, 4.69) is 42.9 Å². The molecule has 1 nitrogen and oxygen atoms in total. The van der Waals surface area contributed by atoms with Crippen molar-refractivity contribution in [2.75, 3.05) is 0 Å². The highest BCUT2D eigenvalue weighted by Gasteiger charge is 1.98. The summed E-state index contributed by atoms with van der Waals surface area (Å²) < 4.78 is 0.932. The molecule has 1 heterocycles. The van der Waals surface area contributed by atoms with Gasteiger partial charge in [0.05, 0.1) is 8.91 Å². The zero-order chi connectivity index (χ0) is 9.97. The van der Waals surface area contributed by atoms with Gasteiger partial charge in [-0.15, -0.1) is 0 Å². The summed E-state index contributed by atoms with van der Waals surface area (Å²) in [5.74, 6) is 0. The van der Waals surface area contributed by atoms with Gasteiger partial charge in [0.2, 0.25) is 0 Å². The van der Waals surface area contributed by atoms with Crippen molar-refractivity contribution < 1.29 is 0 Å². The van der Waals surface area contributed by atoms with E-state index >= 15 is 0 Å². The molecule has 0 bridgehead atoms. The molecule has 14 heavy (non-hydrogen) atoms. The third-order valence-corrected chi connectivity index (χ3v) is 2.41. The first kappa shape index (κ1) is 9.87. The Morgan fingerprint density at radius 2 is 1.93 bits per heavy atom. The zero-order valence-corrected chi connectivity index (χ0v) is 10.4. The zero-order valence-electron chi connectivity index (χ0n) is 7.24. The highest BCUT2D eigenvalue weighted by atomic mass is 79.9. The van der Waals surface area contributed by atoms with Gasteiger partial charge >= 0.3 is 0 Å². The van der Waals surface area contributed by atoms with Crippen LogP contribution in [-0.4, -0.2) is 4.98 Å². The van der Waals surface area contributed by atoms with Crippen molar-refractivity contribution >= 4 is 48.8 Å². The van der Waals surface area contributed by atoms with Gasteiger partial charge in [-0.3, -0.25) is 4.98 Å². The van der Waals surface area contributed by atoms with E-state index in [0.717, 1.165) is 19.9 Å². The van der Waals surface area contributed by atoms with Gasteiger partial charge in [0.15, 0.2) is 0 Å². The molecule has 2 aromatic rings. The largest absolute Gasteiger partial charge is 0.256 e. The number of pyridine rings is 1. The van der Waals surface area contributed by atoms with E-state index in [-0.39, 0.29) is 0 Å². The molecule has 0 spiro atoms. The maximum Gasteiger partial charge on any atom is 0.0707 e. The molecule has 70 valence electrons. The number of hydrogen-bond acceptors (Lipinski definition) is 1. The van der Waals surface area contributed by atoms with Crippen molar-refractivity contribution in [2.45, 2.75) is 0 Å². The minimum absolute atomic E-state index is 0.932. The van der Waals surface area contributed by atoms with Gasteiger partial charge < -0.3 is 0 Å². The lowest BCUT2D eigenvalue weighted by atomic mass is 10.1. The molecule has 0 aliphatic carbocycles. The normalized spacial score (nSPS) is 10.1. The lowest BCUT2D eigenvalue weighted by Crippen LogP contribution is -1.81. The van der Waals surface area contributed by atoms with Crippen LogP contribution in [0.25, 0.3) is 17.0 Å². The Kier molecular flexibility index (Phi) is 2.99. The molecular weight excluding hydrogens is 306 g/mol. The molecule has 2 rings (SSSR count). The average Bonchev–Trinajstić information content (AvgIpc) is 2.18. The van der Waals surface area contributed by atoms with Crippen LogP contribution in [0.4, 0.5) is 0 Å². The number of fused-ring (bicyclic) bond motifs is 1. The van der Waals surface area contributed by atoms with Gasteiger partial charge in [-0.2, -0.15) is 0 Å². The summed E-state index contributed by atoms with van der Waals surface area (Å²) in [5.41, 5.74) is 2.17. The predicted octanol–water partition coefficient (Wildman–Crippen LogP) is 4.32. The van der Waals surface area contributed by atoms with E-state index in [1.54, 1.807) is 0 Å². The van der Waals surface area contributed by atoms with Gasteiger partial charge in [0, 0.05) is 11.6 Å². The third kappa shape index (κ3) is 2.04. The monoisotopic (exact) mass is 311 g/mol. The van der Waals surface area contributed by atoms with Crippen LogP contribution in [0, 0.1) is 0 Å². The van der Waals surface area contributed by atoms with E-state index in [0.29, 0.717) is 0 Å². The van der Waals surface area contributed by atoms with Crippen LogP contribution in [0.3, 0.4) is 0 Å². The molecule has 0 radical (unpaired) electrons. The first-order valence-electron chi connectivity index (χ1n) is 4.14. The van der Waals surface area contributed by atoms with Gasteiger partial charge in [0.25, 0.3) is 0 Å². The second-order valence-electron chi connectivity index (χ2n) is 2.85. The molecule has 3 heteroatoms. The quantitative estimate of drug-likeness (QED) is 0.764. The molecule has 0 N–H and O–H groups in total. The van der Waals surface area contributed by atoms with E-state index in [9.17, 15) is 0 Å². The molecule has 0 unspecified atom stereocenters. The van der Waals surface area contributed by atoms with Gasteiger partial charge in [-0.05, 0) is 55.6 Å². The maximum absolute atomic E-state index is 4.29. The Bertz CT molecular complexity index is 482. The van der Waals surface area contributed by atoms with Gasteiger partial charge in [0.1, 0.15) is 0 Å². The molecule has 0 atom stereocenters. The third-order valence-electron chi connectivity index (χ3n) is 1.95. The maximum atomic E-state index is 4.29. The van der Waals surface area contributed by atoms with E-state index in [1.807, 2.05) is 36.5 Å². The van der Waals surface area contributed by atoms with Crippen molar-refractivity contribution in [3.05, 3.63) is 45.5 Å². The summed E-state index contributed by atoms with van der Waals surface area (Å²) >= 11 is 6.71. The standard InChI is InChI=1S/C11H7Br2N/c12-11(13)7-8-5-6-14-10-4-2-1-3-9(8)10/h1-7H. The molecule has 0 saturated heterocycles.